The van der Waals surface area contributed by atoms with Crippen LogP contribution in [0.3, 0.4) is 0 Å². The molecule has 0 N–H and O–H groups in total. The van der Waals surface area contributed by atoms with Crippen molar-refractivity contribution in [2.24, 2.45) is 0 Å². The Hall–Kier alpha value is -7.68. The van der Waals surface area contributed by atoms with E-state index in [4.69, 9.17) is 0 Å². The minimum Gasteiger partial charge on any atom is -0.311 e. The normalized spacial score (nSPS) is 11.4. The first-order valence-corrected chi connectivity index (χ1v) is 19.9. The highest BCUT2D eigenvalue weighted by atomic mass is 15.1. The topological polar surface area (TPSA) is 8.17 Å². The first-order chi connectivity index (χ1) is 28.7. The van der Waals surface area contributed by atoms with Gasteiger partial charge in [0.2, 0.25) is 0 Å². The fraction of sp³-hybridized carbons (Fsp3) is 0. The molecule has 0 aliphatic carbocycles. The van der Waals surface area contributed by atoms with E-state index >= 15 is 0 Å². The largest absolute Gasteiger partial charge is 0.311 e. The fourth-order valence-corrected chi connectivity index (χ4v) is 8.67. The van der Waals surface area contributed by atoms with Gasteiger partial charge in [-0.15, -0.1) is 0 Å². The van der Waals surface area contributed by atoms with E-state index in [1.54, 1.807) is 0 Å². The van der Waals surface area contributed by atoms with Crippen molar-refractivity contribution >= 4 is 60.4 Å². The van der Waals surface area contributed by atoms with Gasteiger partial charge >= 0.3 is 0 Å². The van der Waals surface area contributed by atoms with Crippen LogP contribution < -0.4 is 4.90 Å². The van der Waals surface area contributed by atoms with Gasteiger partial charge in [0, 0.05) is 33.4 Å². The zero-order chi connectivity index (χ0) is 38.4. The first-order valence-electron chi connectivity index (χ1n) is 19.9. The van der Waals surface area contributed by atoms with Crippen LogP contribution in [0.1, 0.15) is 0 Å². The van der Waals surface area contributed by atoms with Gasteiger partial charge in [0.25, 0.3) is 0 Å². The molecule has 2 nitrogen and oxygen atoms in total. The zero-order valence-corrected chi connectivity index (χ0v) is 31.8. The van der Waals surface area contributed by atoms with E-state index in [2.05, 4.69) is 240 Å². The molecule has 0 bridgehead atoms. The Morgan fingerprint density at radius 3 is 1.45 bits per heavy atom. The predicted octanol–water partition coefficient (Wildman–Crippen LogP) is 15.6. The standard InChI is InChI=1S/C56H38N2/c1-2-12-39(13-3-1)41-24-30-48(31-25-41)57(49-32-26-42(27-33-49)47-23-22-40-14-4-5-15-44(40)36-47)50-34-28-43(29-35-50)51-18-8-10-20-54(51)58-55-21-11-9-19-52(55)53-37-45-16-6-7-17-46(45)38-56(53)58/h1-38H. The van der Waals surface area contributed by atoms with E-state index in [0.29, 0.717) is 0 Å². The molecule has 0 unspecified atom stereocenters. The van der Waals surface area contributed by atoms with E-state index in [0.717, 1.165) is 28.3 Å². The highest BCUT2D eigenvalue weighted by Crippen LogP contribution is 2.41. The number of benzene rings is 10. The lowest BCUT2D eigenvalue weighted by atomic mass is 10.00. The summed E-state index contributed by atoms with van der Waals surface area (Å²) in [6.45, 7) is 0. The average Bonchev–Trinajstić information content (AvgIpc) is 3.62. The van der Waals surface area contributed by atoms with Gasteiger partial charge in [-0.2, -0.15) is 0 Å². The number of rotatable bonds is 7. The molecule has 0 saturated heterocycles. The SMILES string of the molecule is c1ccc(-c2ccc(N(c3ccc(-c4ccc5ccccc5c4)cc3)c3ccc(-c4ccccc4-n4c5ccccc5c5cc6ccccc6cc54)cc3)cc2)cc1. The minimum absolute atomic E-state index is 1.09. The summed E-state index contributed by atoms with van der Waals surface area (Å²) in [4.78, 5) is 2.35. The van der Waals surface area contributed by atoms with Gasteiger partial charge in [0.1, 0.15) is 0 Å². The van der Waals surface area contributed by atoms with Crippen molar-refractivity contribution < 1.29 is 0 Å². The Balaban J connectivity index is 1.00. The van der Waals surface area contributed by atoms with Crippen molar-refractivity contribution in [2.45, 2.75) is 0 Å². The van der Waals surface area contributed by atoms with Gasteiger partial charge in [-0.1, -0.05) is 164 Å². The summed E-state index contributed by atoms with van der Waals surface area (Å²) < 4.78 is 2.44. The third kappa shape index (κ3) is 5.91. The number of para-hydroxylation sites is 2. The van der Waals surface area contributed by atoms with Crippen LogP contribution >= 0.6 is 0 Å². The molecular formula is C56H38N2. The minimum atomic E-state index is 1.09. The number of hydrogen-bond donors (Lipinski definition) is 0. The molecule has 0 spiro atoms. The van der Waals surface area contributed by atoms with E-state index in [-0.39, 0.29) is 0 Å². The Morgan fingerprint density at radius 2 is 0.759 bits per heavy atom. The van der Waals surface area contributed by atoms with Gasteiger partial charge in [0.15, 0.2) is 0 Å². The van der Waals surface area contributed by atoms with E-state index < -0.39 is 0 Å². The maximum atomic E-state index is 2.44. The molecule has 0 aliphatic rings. The van der Waals surface area contributed by atoms with Crippen LogP contribution in [0.5, 0.6) is 0 Å². The second kappa shape index (κ2) is 14.1. The van der Waals surface area contributed by atoms with Crippen molar-refractivity contribution in [3.63, 3.8) is 0 Å². The highest BCUT2D eigenvalue weighted by Gasteiger charge is 2.18. The Morgan fingerprint density at radius 1 is 0.276 bits per heavy atom. The van der Waals surface area contributed by atoms with Crippen molar-refractivity contribution in [1.82, 2.24) is 4.57 Å². The van der Waals surface area contributed by atoms with E-state index in [1.165, 1.54) is 71.2 Å². The lowest BCUT2D eigenvalue weighted by Gasteiger charge is -2.26. The molecular weight excluding hydrogens is 701 g/mol. The summed E-state index contributed by atoms with van der Waals surface area (Å²) >= 11 is 0. The molecule has 10 aromatic carbocycles. The van der Waals surface area contributed by atoms with Gasteiger partial charge in [-0.05, 0) is 116 Å². The van der Waals surface area contributed by atoms with Crippen LogP contribution in [0.2, 0.25) is 0 Å². The van der Waals surface area contributed by atoms with Gasteiger partial charge < -0.3 is 9.47 Å². The monoisotopic (exact) mass is 738 g/mol. The maximum absolute atomic E-state index is 2.44. The van der Waals surface area contributed by atoms with Crippen LogP contribution in [-0.2, 0) is 0 Å². The number of anilines is 3. The molecule has 0 aliphatic heterocycles. The van der Waals surface area contributed by atoms with Crippen molar-refractivity contribution in [2.75, 3.05) is 4.90 Å². The van der Waals surface area contributed by atoms with Crippen molar-refractivity contribution in [3.05, 3.63) is 231 Å². The van der Waals surface area contributed by atoms with Crippen molar-refractivity contribution in [3.8, 4) is 39.1 Å². The molecule has 0 radical (unpaired) electrons. The molecule has 1 aromatic heterocycles. The molecule has 0 fully saturated rings. The molecule has 11 aromatic rings. The molecule has 58 heavy (non-hydrogen) atoms. The lowest BCUT2D eigenvalue weighted by molar-refractivity contribution is 1.18. The van der Waals surface area contributed by atoms with E-state index in [9.17, 15) is 0 Å². The first kappa shape index (κ1) is 33.6. The van der Waals surface area contributed by atoms with Crippen LogP contribution in [0.15, 0.2) is 231 Å². The molecule has 11 rings (SSSR count). The van der Waals surface area contributed by atoms with Crippen LogP contribution in [-0.4, -0.2) is 4.57 Å². The number of fused-ring (bicyclic) bond motifs is 5. The Bertz CT molecular complexity index is 3250. The zero-order valence-electron chi connectivity index (χ0n) is 31.8. The van der Waals surface area contributed by atoms with Gasteiger partial charge in [-0.25, -0.2) is 0 Å². The number of aromatic nitrogens is 1. The molecule has 272 valence electrons. The highest BCUT2D eigenvalue weighted by molar-refractivity contribution is 6.14. The Kier molecular flexibility index (Phi) is 8.19. The summed E-state index contributed by atoms with van der Waals surface area (Å²) in [5.41, 5.74) is 14.0. The summed E-state index contributed by atoms with van der Waals surface area (Å²) in [6, 6.07) is 83.7. The molecule has 2 heteroatoms. The summed E-state index contributed by atoms with van der Waals surface area (Å²) in [7, 11) is 0. The quantitative estimate of drug-likeness (QED) is 0.158. The third-order valence-electron chi connectivity index (χ3n) is 11.6. The maximum Gasteiger partial charge on any atom is 0.0547 e. The second-order valence-electron chi connectivity index (χ2n) is 15.0. The molecule has 0 amide bonds. The molecule has 0 atom stereocenters. The average molecular weight is 739 g/mol. The Labute approximate surface area is 338 Å². The summed E-state index contributed by atoms with van der Waals surface area (Å²) in [5.74, 6) is 0. The second-order valence-corrected chi connectivity index (χ2v) is 15.0. The van der Waals surface area contributed by atoms with Crippen molar-refractivity contribution in [1.29, 1.82) is 0 Å². The van der Waals surface area contributed by atoms with Gasteiger partial charge in [0.05, 0.1) is 16.7 Å². The van der Waals surface area contributed by atoms with Crippen LogP contribution in [0.25, 0.3) is 82.4 Å². The third-order valence-corrected chi connectivity index (χ3v) is 11.6. The van der Waals surface area contributed by atoms with E-state index in [1.807, 2.05) is 0 Å². The smallest absolute Gasteiger partial charge is 0.0547 e. The lowest BCUT2D eigenvalue weighted by Crippen LogP contribution is -2.09. The predicted molar refractivity (Wildman–Crippen MR) is 247 cm³/mol. The molecule has 1 heterocycles. The fourth-order valence-electron chi connectivity index (χ4n) is 8.67. The summed E-state index contributed by atoms with van der Waals surface area (Å²) in [6.07, 6.45) is 0. The van der Waals surface area contributed by atoms with Crippen LogP contribution in [0.4, 0.5) is 17.1 Å². The summed E-state index contributed by atoms with van der Waals surface area (Å²) in [5, 5.41) is 7.52. The number of hydrogen-bond acceptors (Lipinski definition) is 1. The molecule has 0 saturated carbocycles. The van der Waals surface area contributed by atoms with Gasteiger partial charge in [-0.3, -0.25) is 0 Å². The number of nitrogens with zero attached hydrogens (tertiary/aromatic N) is 2. The van der Waals surface area contributed by atoms with Crippen LogP contribution in [0, 0.1) is 0 Å².